The van der Waals surface area contributed by atoms with Crippen molar-refractivity contribution in [3.05, 3.63) is 65.2 Å². The largest absolute Gasteiger partial charge is 0.473 e. The molecule has 202 valence electrons. The number of anilines is 1. The zero-order valence-electron chi connectivity index (χ0n) is 23.1. The number of nitrogens with zero attached hydrogens (tertiary/aromatic N) is 3. The molecule has 2 aromatic carbocycles. The van der Waals surface area contributed by atoms with Crippen molar-refractivity contribution in [3.8, 4) is 17.1 Å². The summed E-state index contributed by atoms with van der Waals surface area (Å²) in [4.78, 5) is 12.3. The van der Waals surface area contributed by atoms with E-state index in [0.717, 1.165) is 61.2 Å². The van der Waals surface area contributed by atoms with Crippen LogP contribution in [0.2, 0.25) is 0 Å². The number of rotatable bonds is 3. The second-order valence-electron chi connectivity index (χ2n) is 12.0. The van der Waals surface area contributed by atoms with E-state index in [4.69, 9.17) is 14.5 Å². The fourth-order valence-corrected chi connectivity index (χ4v) is 6.53. The molecule has 0 saturated carbocycles. The van der Waals surface area contributed by atoms with E-state index in [0.29, 0.717) is 16.5 Å². The Hall–Kier alpha value is -2.97. The standard InChI is InChI=1S/C30H39N5O2S/c1-20-8-6-9-21(2)28(20)26-18-27-33-29(32-26)34-38(31,36)25-11-7-10-22(17-25)23-12-14-35(15-13-30(3,4)5)19-24(16-23)37-27/h6-11,17-18,23-24H,12-16,19H2,1-5H3,(H2,31,32,33,34,36). The van der Waals surface area contributed by atoms with E-state index < -0.39 is 9.92 Å². The molecule has 7 nitrogen and oxygen atoms in total. The summed E-state index contributed by atoms with van der Waals surface area (Å²) in [5.74, 6) is 0.829. The van der Waals surface area contributed by atoms with Gasteiger partial charge in [0.05, 0.1) is 10.6 Å². The lowest BCUT2D eigenvalue weighted by Gasteiger charge is -2.28. The van der Waals surface area contributed by atoms with Crippen molar-refractivity contribution in [1.29, 1.82) is 4.78 Å². The Bertz CT molecular complexity index is 1410. The molecule has 2 N–H and O–H groups in total. The number of hydrogen-bond donors (Lipinski definition) is 2. The van der Waals surface area contributed by atoms with Crippen molar-refractivity contribution < 1.29 is 8.95 Å². The molecule has 8 heteroatoms. The zero-order valence-corrected chi connectivity index (χ0v) is 23.9. The summed E-state index contributed by atoms with van der Waals surface area (Å²) in [6, 6.07) is 15.7. The van der Waals surface area contributed by atoms with E-state index in [1.54, 1.807) is 6.07 Å². The summed E-state index contributed by atoms with van der Waals surface area (Å²) >= 11 is 0. The van der Waals surface area contributed by atoms with Crippen molar-refractivity contribution in [1.82, 2.24) is 14.9 Å². The number of ether oxygens (including phenoxy) is 1. The molecule has 0 amide bonds. The SMILES string of the molecule is Cc1cccc(C)c1-c1cc2nc(n1)NS(=N)(=O)c1cccc(c1)C1CCN(CCC(C)(C)C)CC(C1)O2. The molecule has 1 aromatic heterocycles. The van der Waals surface area contributed by atoms with Crippen molar-refractivity contribution in [2.75, 3.05) is 24.4 Å². The Kier molecular flexibility index (Phi) is 7.22. The molecule has 3 aromatic rings. The zero-order chi connectivity index (χ0) is 27.1. The van der Waals surface area contributed by atoms with Crippen molar-refractivity contribution in [3.63, 3.8) is 0 Å². The second-order valence-corrected chi connectivity index (χ2v) is 13.8. The van der Waals surface area contributed by atoms with Crippen LogP contribution in [0.15, 0.2) is 53.4 Å². The molecule has 3 unspecified atom stereocenters. The summed E-state index contributed by atoms with van der Waals surface area (Å²) in [7, 11) is -3.38. The molecule has 0 aliphatic carbocycles. The number of aromatic nitrogens is 2. The highest BCUT2D eigenvalue weighted by molar-refractivity contribution is 7.93. The maximum atomic E-state index is 13.6. The van der Waals surface area contributed by atoms with Gasteiger partial charge in [-0.15, -0.1) is 0 Å². The summed E-state index contributed by atoms with van der Waals surface area (Å²) in [5, 5.41) is 0. The highest BCUT2D eigenvalue weighted by Gasteiger charge is 2.29. The molecule has 5 rings (SSSR count). The maximum absolute atomic E-state index is 13.6. The third-order valence-corrected chi connectivity index (χ3v) is 8.99. The third-order valence-electron chi connectivity index (χ3n) is 7.60. The van der Waals surface area contributed by atoms with E-state index in [-0.39, 0.29) is 23.4 Å². The van der Waals surface area contributed by atoms with Crippen molar-refractivity contribution in [2.24, 2.45) is 5.41 Å². The average Bonchev–Trinajstić information content (AvgIpc) is 3.04. The Morgan fingerprint density at radius 3 is 2.58 bits per heavy atom. The lowest BCUT2D eigenvalue weighted by Crippen LogP contribution is -2.36. The van der Waals surface area contributed by atoms with Gasteiger partial charge in [-0.3, -0.25) is 9.62 Å². The highest BCUT2D eigenvalue weighted by Crippen LogP contribution is 2.35. The van der Waals surface area contributed by atoms with Crippen LogP contribution >= 0.6 is 0 Å². The second kappa shape index (κ2) is 10.3. The normalized spacial score (nSPS) is 23.8. The van der Waals surface area contributed by atoms with Gasteiger partial charge < -0.3 is 4.74 Å². The quantitative estimate of drug-likeness (QED) is 0.397. The van der Waals surface area contributed by atoms with Gasteiger partial charge >= 0.3 is 0 Å². The van der Waals surface area contributed by atoms with Crippen LogP contribution in [0.5, 0.6) is 5.88 Å². The van der Waals surface area contributed by atoms with Crippen LogP contribution in [0, 0.1) is 24.0 Å². The smallest absolute Gasteiger partial charge is 0.239 e. The number of benzene rings is 2. The average molecular weight is 534 g/mol. The van der Waals surface area contributed by atoms with Gasteiger partial charge in [0.1, 0.15) is 6.10 Å². The fourth-order valence-electron chi connectivity index (χ4n) is 5.50. The molecule has 2 aliphatic heterocycles. The molecule has 1 fully saturated rings. The van der Waals surface area contributed by atoms with Crippen molar-refractivity contribution in [2.45, 2.75) is 70.8 Å². The molecule has 6 bridgehead atoms. The molecule has 2 aliphatic rings. The molecular formula is C30H39N5O2S. The van der Waals surface area contributed by atoms with Crippen LogP contribution < -0.4 is 9.46 Å². The number of hydrogen-bond acceptors (Lipinski definition) is 6. The molecule has 3 atom stereocenters. The number of aryl methyl sites for hydroxylation is 2. The highest BCUT2D eigenvalue weighted by atomic mass is 32.2. The molecule has 1 saturated heterocycles. The Labute approximate surface area is 227 Å². The first-order valence-corrected chi connectivity index (χ1v) is 15.0. The molecule has 0 radical (unpaired) electrons. The van der Waals surface area contributed by atoms with Crippen LogP contribution in [0.3, 0.4) is 0 Å². The minimum Gasteiger partial charge on any atom is -0.473 e. The van der Waals surface area contributed by atoms with E-state index in [9.17, 15) is 4.21 Å². The Morgan fingerprint density at radius 1 is 1.11 bits per heavy atom. The monoisotopic (exact) mass is 533 g/mol. The first-order chi connectivity index (χ1) is 18.0. The van der Waals surface area contributed by atoms with Gasteiger partial charge in [0.15, 0.2) is 9.92 Å². The topological polar surface area (TPSA) is 91.2 Å². The number of nitrogens with one attached hydrogen (secondary N) is 2. The van der Waals surface area contributed by atoms with Gasteiger partial charge in [-0.1, -0.05) is 51.1 Å². The first kappa shape index (κ1) is 26.6. The molecule has 0 spiro atoms. The van der Waals surface area contributed by atoms with Gasteiger partial charge in [0.25, 0.3) is 0 Å². The predicted octanol–water partition coefficient (Wildman–Crippen LogP) is 6.57. The summed E-state index contributed by atoms with van der Waals surface area (Å²) in [5.41, 5.74) is 5.24. The van der Waals surface area contributed by atoms with Gasteiger partial charge in [-0.05, 0) is 86.4 Å². The minimum absolute atomic E-state index is 0.0560. The molecular weight excluding hydrogens is 494 g/mol. The fraction of sp³-hybridized carbons (Fsp3) is 0.467. The Balaban J connectivity index is 1.60. The van der Waals surface area contributed by atoms with Gasteiger partial charge in [0.2, 0.25) is 11.8 Å². The van der Waals surface area contributed by atoms with E-state index in [1.165, 1.54) is 0 Å². The Morgan fingerprint density at radius 2 is 1.84 bits per heavy atom. The van der Waals surface area contributed by atoms with Gasteiger partial charge in [-0.2, -0.15) is 4.98 Å². The van der Waals surface area contributed by atoms with E-state index in [2.05, 4.69) is 67.4 Å². The number of likely N-dealkylation sites (tertiary alicyclic amines) is 1. The lowest BCUT2D eigenvalue weighted by atomic mass is 9.91. The lowest BCUT2D eigenvalue weighted by molar-refractivity contribution is 0.127. The van der Waals surface area contributed by atoms with Gasteiger partial charge in [0, 0.05) is 18.2 Å². The van der Waals surface area contributed by atoms with Crippen LogP contribution in [0.1, 0.15) is 62.6 Å². The van der Waals surface area contributed by atoms with Crippen LogP contribution in [0.25, 0.3) is 11.3 Å². The predicted molar refractivity (Wildman–Crippen MR) is 153 cm³/mol. The summed E-state index contributed by atoms with van der Waals surface area (Å²) < 4.78 is 31.8. The van der Waals surface area contributed by atoms with Crippen molar-refractivity contribution >= 4 is 15.9 Å². The molecule has 38 heavy (non-hydrogen) atoms. The van der Waals surface area contributed by atoms with Gasteiger partial charge in [-0.25, -0.2) is 14.0 Å². The molecule has 3 heterocycles. The summed E-state index contributed by atoms with van der Waals surface area (Å²) in [6.07, 6.45) is 2.88. The summed E-state index contributed by atoms with van der Waals surface area (Å²) in [6.45, 7) is 13.8. The maximum Gasteiger partial charge on any atom is 0.239 e. The van der Waals surface area contributed by atoms with E-state index in [1.807, 2.05) is 24.3 Å². The third kappa shape index (κ3) is 6.02. The number of fused-ring (bicyclic) bond motifs is 7. The van der Waals surface area contributed by atoms with Crippen LogP contribution in [-0.2, 0) is 9.92 Å². The van der Waals surface area contributed by atoms with Crippen LogP contribution in [0.4, 0.5) is 5.95 Å². The van der Waals surface area contributed by atoms with E-state index >= 15 is 0 Å². The van der Waals surface area contributed by atoms with Crippen LogP contribution in [-0.4, -0.2) is 44.8 Å². The first-order valence-electron chi connectivity index (χ1n) is 13.5. The minimum atomic E-state index is -3.38.